The number of nitrogens with zero attached hydrogens (tertiary/aromatic N) is 2. The molecule has 0 aliphatic carbocycles. The molecule has 1 heterocycles. The number of aromatic nitrogens is 1. The zero-order valence-corrected chi connectivity index (χ0v) is 30.0. The Kier molecular flexibility index (Phi) is 7.90. The summed E-state index contributed by atoms with van der Waals surface area (Å²) < 4.78 is 2.38. The van der Waals surface area contributed by atoms with Gasteiger partial charge in [0.25, 0.3) is 0 Å². The Hall–Kier alpha value is -7.47. The van der Waals surface area contributed by atoms with Gasteiger partial charge >= 0.3 is 0 Å². The highest BCUT2D eigenvalue weighted by molar-refractivity contribution is 6.21. The lowest BCUT2D eigenvalue weighted by atomic mass is 9.85. The summed E-state index contributed by atoms with van der Waals surface area (Å²) in [6.45, 7) is 7.40. The molecule has 10 aromatic rings. The molecule has 0 N–H and O–H groups in total. The Morgan fingerprint density at radius 3 is 1.31 bits per heavy atom. The van der Waals surface area contributed by atoms with E-state index >= 15 is 0 Å². The molecule has 2 heteroatoms. The molecule has 256 valence electrons. The van der Waals surface area contributed by atoms with E-state index in [4.69, 9.17) is 6.57 Å². The summed E-state index contributed by atoms with van der Waals surface area (Å²) in [4.78, 5) is 3.59. The topological polar surface area (TPSA) is 9.29 Å². The fraction of sp³-hybridized carbons (Fsp3) is 0. The van der Waals surface area contributed by atoms with Crippen LogP contribution in [0.2, 0.25) is 0 Å². The van der Waals surface area contributed by atoms with Crippen molar-refractivity contribution in [2.24, 2.45) is 0 Å². The zero-order chi connectivity index (χ0) is 36.7. The van der Waals surface area contributed by atoms with Gasteiger partial charge in [0.1, 0.15) is 0 Å². The third-order valence-corrected chi connectivity index (χ3v) is 10.8. The summed E-state index contributed by atoms with van der Waals surface area (Å²) in [5.41, 5.74) is 13.5. The molecule has 0 aliphatic rings. The Morgan fingerprint density at radius 1 is 0.400 bits per heavy atom. The molecular formula is C53H34N2. The van der Waals surface area contributed by atoms with Gasteiger partial charge in [-0.25, -0.2) is 4.85 Å². The van der Waals surface area contributed by atoms with Crippen LogP contribution >= 0.6 is 0 Å². The van der Waals surface area contributed by atoms with Gasteiger partial charge in [0.05, 0.1) is 17.6 Å². The Labute approximate surface area is 320 Å². The minimum Gasteiger partial charge on any atom is -0.309 e. The molecule has 0 atom stereocenters. The van der Waals surface area contributed by atoms with E-state index in [1.807, 2.05) is 30.3 Å². The average molecular weight is 699 g/mol. The summed E-state index contributed by atoms with van der Waals surface area (Å²) in [6.07, 6.45) is 2.24. The number of para-hydroxylation sites is 2. The molecule has 9 aromatic carbocycles. The zero-order valence-electron chi connectivity index (χ0n) is 30.0. The van der Waals surface area contributed by atoms with Gasteiger partial charge in [0.2, 0.25) is 0 Å². The summed E-state index contributed by atoms with van der Waals surface area (Å²) in [5.74, 6) is 0. The highest BCUT2D eigenvalue weighted by atomic mass is 15.0. The Balaban J connectivity index is 1.09. The normalized spacial score (nSPS) is 11.7. The van der Waals surface area contributed by atoms with Crippen LogP contribution in [0.15, 0.2) is 200 Å². The van der Waals surface area contributed by atoms with Crippen molar-refractivity contribution in [3.8, 4) is 27.9 Å². The SMILES string of the molecule is [C-]#[N+]c1ccc(C(=Cc2ccc(-c3c4ccccc4c(-c4ccc(-n5c6ccccc6c6ccccc65)cc4)c4ccccc34)cc2)c2ccccc2)cc1. The lowest BCUT2D eigenvalue weighted by Crippen LogP contribution is -1.94. The van der Waals surface area contributed by atoms with E-state index in [9.17, 15) is 0 Å². The predicted octanol–water partition coefficient (Wildman–Crippen LogP) is 14.6. The quantitative estimate of drug-likeness (QED) is 0.0929. The maximum absolute atomic E-state index is 7.40. The summed E-state index contributed by atoms with van der Waals surface area (Å²) in [5, 5.41) is 7.47. The van der Waals surface area contributed by atoms with Crippen LogP contribution in [-0.4, -0.2) is 4.57 Å². The maximum atomic E-state index is 7.40. The molecule has 10 rings (SSSR count). The summed E-state index contributed by atoms with van der Waals surface area (Å²) in [7, 11) is 0. The highest BCUT2D eigenvalue weighted by Gasteiger charge is 2.18. The van der Waals surface area contributed by atoms with Crippen LogP contribution in [0.1, 0.15) is 16.7 Å². The predicted molar refractivity (Wildman–Crippen MR) is 233 cm³/mol. The second-order valence-corrected chi connectivity index (χ2v) is 14.0. The van der Waals surface area contributed by atoms with Crippen molar-refractivity contribution in [3.05, 3.63) is 228 Å². The second kappa shape index (κ2) is 13.5. The Morgan fingerprint density at radius 2 is 0.818 bits per heavy atom. The molecule has 0 saturated heterocycles. The number of hydrogen-bond donors (Lipinski definition) is 0. The minimum atomic E-state index is 0.641. The van der Waals surface area contributed by atoms with E-state index in [0.29, 0.717) is 5.69 Å². The van der Waals surface area contributed by atoms with Gasteiger partial charge in [-0.15, -0.1) is 0 Å². The van der Waals surface area contributed by atoms with Gasteiger partial charge in [-0.2, -0.15) is 0 Å². The Bertz CT molecular complexity index is 2990. The molecule has 1 aromatic heterocycles. The molecule has 0 saturated carbocycles. The molecule has 0 aliphatic heterocycles. The smallest absolute Gasteiger partial charge is 0.187 e. The van der Waals surface area contributed by atoms with Crippen molar-refractivity contribution in [1.29, 1.82) is 0 Å². The van der Waals surface area contributed by atoms with Gasteiger partial charge in [0.15, 0.2) is 5.69 Å². The summed E-state index contributed by atoms with van der Waals surface area (Å²) in [6, 6.07) is 71.4. The van der Waals surface area contributed by atoms with Crippen molar-refractivity contribution in [2.75, 3.05) is 0 Å². The van der Waals surface area contributed by atoms with Gasteiger partial charge in [-0.3, -0.25) is 0 Å². The van der Waals surface area contributed by atoms with Crippen LogP contribution < -0.4 is 0 Å². The van der Waals surface area contributed by atoms with Gasteiger partial charge < -0.3 is 4.57 Å². The fourth-order valence-electron chi connectivity index (χ4n) is 8.31. The number of fused-ring (bicyclic) bond motifs is 5. The van der Waals surface area contributed by atoms with Crippen molar-refractivity contribution >= 4 is 60.7 Å². The second-order valence-electron chi connectivity index (χ2n) is 14.0. The van der Waals surface area contributed by atoms with Crippen LogP contribution in [-0.2, 0) is 0 Å². The molecule has 0 spiro atoms. The van der Waals surface area contributed by atoms with E-state index in [0.717, 1.165) is 28.0 Å². The van der Waals surface area contributed by atoms with E-state index in [1.54, 1.807) is 0 Å². The third-order valence-electron chi connectivity index (χ3n) is 10.8. The molecule has 55 heavy (non-hydrogen) atoms. The number of benzene rings is 9. The molecular weight excluding hydrogens is 665 g/mol. The third kappa shape index (κ3) is 5.59. The first-order chi connectivity index (χ1) is 27.2. The van der Waals surface area contributed by atoms with Crippen LogP contribution in [0.25, 0.3) is 87.8 Å². The first-order valence-corrected chi connectivity index (χ1v) is 18.6. The van der Waals surface area contributed by atoms with E-state index < -0.39 is 0 Å². The van der Waals surface area contributed by atoms with Gasteiger partial charge in [0, 0.05) is 16.5 Å². The molecule has 2 nitrogen and oxygen atoms in total. The van der Waals surface area contributed by atoms with E-state index in [1.165, 1.54) is 65.6 Å². The number of hydrogen-bond acceptors (Lipinski definition) is 0. The number of rotatable bonds is 6. The lowest BCUT2D eigenvalue weighted by Gasteiger charge is -2.18. The van der Waals surface area contributed by atoms with E-state index in [-0.39, 0.29) is 0 Å². The molecule has 0 fully saturated rings. The largest absolute Gasteiger partial charge is 0.309 e. The first-order valence-electron chi connectivity index (χ1n) is 18.6. The molecule has 0 unspecified atom stereocenters. The first kappa shape index (κ1) is 32.2. The monoisotopic (exact) mass is 698 g/mol. The van der Waals surface area contributed by atoms with Crippen molar-refractivity contribution < 1.29 is 0 Å². The molecule has 0 radical (unpaired) electrons. The van der Waals surface area contributed by atoms with E-state index in [2.05, 4.69) is 185 Å². The lowest BCUT2D eigenvalue weighted by molar-refractivity contribution is 1.18. The standard InChI is InChI=1S/C53H34N2/c1-54-41-31-27-38(28-32-41)49(37-13-3-2-4-14-37)35-36-23-25-39(26-24-36)52-45-17-5-7-19-47(45)53(48-20-8-6-18-46(48)52)40-29-33-42(34-30-40)55-50-21-11-9-15-43(50)44-16-10-12-22-51(44)55/h2-35H. The fourth-order valence-corrected chi connectivity index (χ4v) is 8.31. The van der Waals surface area contributed by atoms with Gasteiger partial charge in [-0.05, 0) is 96.4 Å². The minimum absolute atomic E-state index is 0.641. The van der Waals surface area contributed by atoms with Gasteiger partial charge in [-0.1, -0.05) is 176 Å². The molecule has 0 bridgehead atoms. The van der Waals surface area contributed by atoms with Crippen molar-refractivity contribution in [1.82, 2.24) is 4.57 Å². The van der Waals surface area contributed by atoms with Crippen molar-refractivity contribution in [3.63, 3.8) is 0 Å². The maximum Gasteiger partial charge on any atom is 0.187 e. The van der Waals surface area contributed by atoms with Crippen LogP contribution in [0.3, 0.4) is 0 Å². The summed E-state index contributed by atoms with van der Waals surface area (Å²) >= 11 is 0. The highest BCUT2D eigenvalue weighted by Crippen LogP contribution is 2.44. The molecule has 0 amide bonds. The van der Waals surface area contributed by atoms with Crippen LogP contribution in [0, 0.1) is 6.57 Å². The van der Waals surface area contributed by atoms with Crippen LogP contribution in [0.5, 0.6) is 0 Å². The van der Waals surface area contributed by atoms with Crippen molar-refractivity contribution in [2.45, 2.75) is 0 Å². The van der Waals surface area contributed by atoms with Crippen LogP contribution in [0.4, 0.5) is 5.69 Å². The average Bonchev–Trinajstić information content (AvgIpc) is 3.60.